The molecular formula is C21H22Cl2N2OS. The van der Waals surface area contributed by atoms with Crippen LogP contribution in [0, 0.1) is 0 Å². The molecule has 0 bridgehead atoms. The molecule has 1 atom stereocenters. The van der Waals surface area contributed by atoms with E-state index in [0.29, 0.717) is 0 Å². The molecule has 0 aliphatic carbocycles. The van der Waals surface area contributed by atoms with Crippen LogP contribution in [0.15, 0.2) is 66.1 Å². The maximum Gasteiger partial charge on any atom is 0.120 e. The number of methoxy groups -OCH3 is 1. The molecule has 27 heavy (non-hydrogen) atoms. The number of rotatable bonds is 8. The predicted molar refractivity (Wildman–Crippen MR) is 114 cm³/mol. The summed E-state index contributed by atoms with van der Waals surface area (Å²) < 4.78 is 7.42. The van der Waals surface area contributed by atoms with E-state index in [9.17, 15) is 0 Å². The van der Waals surface area contributed by atoms with Crippen molar-refractivity contribution >= 4 is 35.0 Å². The van der Waals surface area contributed by atoms with Crippen LogP contribution in [-0.4, -0.2) is 21.4 Å². The second kappa shape index (κ2) is 9.05. The zero-order chi connectivity index (χ0) is 19.3. The summed E-state index contributed by atoms with van der Waals surface area (Å²) in [5.74, 6) is 0.811. The zero-order valence-corrected chi connectivity index (χ0v) is 17.7. The number of nitrogens with zero attached hydrogens (tertiary/aromatic N) is 2. The van der Waals surface area contributed by atoms with E-state index in [1.165, 1.54) is 5.56 Å². The lowest BCUT2D eigenvalue weighted by Crippen LogP contribution is -2.25. The van der Waals surface area contributed by atoms with Crippen LogP contribution >= 0.6 is 35.0 Å². The third kappa shape index (κ3) is 5.68. The molecule has 1 heterocycles. The molecule has 3 nitrogen and oxygen atoms in total. The molecule has 0 saturated carbocycles. The van der Waals surface area contributed by atoms with Crippen LogP contribution < -0.4 is 4.74 Å². The smallest absolute Gasteiger partial charge is 0.120 e. The lowest BCUT2D eigenvalue weighted by Gasteiger charge is -2.30. The fourth-order valence-electron chi connectivity index (χ4n) is 2.95. The normalized spacial score (nSPS) is 13.3. The van der Waals surface area contributed by atoms with Gasteiger partial charge in [0, 0.05) is 33.6 Å². The van der Waals surface area contributed by atoms with Crippen LogP contribution in [0.2, 0.25) is 10.0 Å². The Labute approximate surface area is 174 Å². The van der Waals surface area contributed by atoms with Crippen molar-refractivity contribution < 1.29 is 4.74 Å². The molecule has 3 aromatic rings. The number of hydrogen-bond acceptors (Lipinski definition) is 3. The Kier molecular flexibility index (Phi) is 6.74. The predicted octanol–water partition coefficient (Wildman–Crippen LogP) is 6.38. The van der Waals surface area contributed by atoms with Crippen molar-refractivity contribution in [3.63, 3.8) is 0 Å². The molecule has 1 unspecified atom stereocenters. The van der Waals surface area contributed by atoms with E-state index in [1.807, 2.05) is 49.1 Å². The SMILES string of the molecule is COc1ccc(Cl)c(SC(C)(CCn2ccnc2)Cc2ccc(Cl)cc2)c1. The maximum atomic E-state index is 6.47. The second-order valence-corrected chi connectivity index (χ2v) is 9.18. The molecule has 0 aliphatic heterocycles. The van der Waals surface area contributed by atoms with E-state index in [1.54, 1.807) is 18.9 Å². The molecule has 0 radical (unpaired) electrons. The fraction of sp³-hybridized carbons (Fsp3) is 0.286. The van der Waals surface area contributed by atoms with E-state index in [-0.39, 0.29) is 4.75 Å². The second-order valence-electron chi connectivity index (χ2n) is 6.70. The Morgan fingerprint density at radius 1 is 1.15 bits per heavy atom. The third-order valence-corrected chi connectivity index (χ3v) is 6.54. The number of imidazole rings is 1. The van der Waals surface area contributed by atoms with Crippen LogP contribution in [0.3, 0.4) is 0 Å². The molecule has 0 spiro atoms. The summed E-state index contributed by atoms with van der Waals surface area (Å²) in [5.41, 5.74) is 1.25. The van der Waals surface area contributed by atoms with Gasteiger partial charge >= 0.3 is 0 Å². The van der Waals surface area contributed by atoms with Crippen molar-refractivity contribution in [1.82, 2.24) is 9.55 Å². The lowest BCUT2D eigenvalue weighted by atomic mass is 9.97. The van der Waals surface area contributed by atoms with Gasteiger partial charge in [-0.15, -0.1) is 11.8 Å². The first-order chi connectivity index (χ1) is 13.0. The molecule has 142 valence electrons. The maximum absolute atomic E-state index is 6.47. The molecule has 1 aromatic heterocycles. The minimum atomic E-state index is -0.0614. The Morgan fingerprint density at radius 3 is 2.59 bits per heavy atom. The van der Waals surface area contributed by atoms with Crippen molar-refractivity contribution in [2.24, 2.45) is 0 Å². The quantitative estimate of drug-likeness (QED) is 0.395. The number of hydrogen-bond donors (Lipinski definition) is 0. The summed E-state index contributed by atoms with van der Waals surface area (Å²) in [4.78, 5) is 5.17. The van der Waals surface area contributed by atoms with E-state index in [2.05, 4.69) is 28.6 Å². The van der Waals surface area contributed by atoms with E-state index in [0.717, 1.165) is 40.1 Å². The van der Waals surface area contributed by atoms with E-state index in [4.69, 9.17) is 27.9 Å². The summed E-state index contributed by atoms with van der Waals surface area (Å²) >= 11 is 14.3. The number of aryl methyl sites for hydroxylation is 1. The highest BCUT2D eigenvalue weighted by Gasteiger charge is 2.27. The van der Waals surface area contributed by atoms with Gasteiger partial charge in [0.1, 0.15) is 5.75 Å². The van der Waals surface area contributed by atoms with E-state index >= 15 is 0 Å². The van der Waals surface area contributed by atoms with Gasteiger partial charge in [-0.25, -0.2) is 4.98 Å². The Bertz CT molecular complexity index is 868. The molecule has 0 amide bonds. The largest absolute Gasteiger partial charge is 0.497 e. The molecule has 0 aliphatic rings. The van der Waals surface area contributed by atoms with Gasteiger partial charge in [-0.3, -0.25) is 0 Å². The highest BCUT2D eigenvalue weighted by molar-refractivity contribution is 8.00. The van der Waals surface area contributed by atoms with Gasteiger partial charge in [0.05, 0.1) is 18.5 Å². The molecule has 0 fully saturated rings. The minimum absolute atomic E-state index is 0.0614. The molecule has 3 rings (SSSR count). The summed E-state index contributed by atoms with van der Waals surface area (Å²) in [7, 11) is 1.67. The van der Waals surface area contributed by atoms with Crippen molar-refractivity contribution in [2.45, 2.75) is 36.0 Å². The first-order valence-electron chi connectivity index (χ1n) is 8.70. The third-order valence-electron chi connectivity index (χ3n) is 4.44. The van der Waals surface area contributed by atoms with Crippen LogP contribution in [0.5, 0.6) is 5.75 Å². The zero-order valence-electron chi connectivity index (χ0n) is 15.4. The van der Waals surface area contributed by atoms with Gasteiger partial charge < -0.3 is 9.30 Å². The van der Waals surface area contributed by atoms with Gasteiger partial charge in [0.25, 0.3) is 0 Å². The van der Waals surface area contributed by atoms with Crippen LogP contribution in [0.1, 0.15) is 18.9 Å². The Morgan fingerprint density at radius 2 is 1.93 bits per heavy atom. The van der Waals surface area contributed by atoms with Crippen LogP contribution in [0.25, 0.3) is 0 Å². The van der Waals surface area contributed by atoms with Crippen molar-refractivity contribution in [2.75, 3.05) is 7.11 Å². The van der Waals surface area contributed by atoms with Gasteiger partial charge in [0.15, 0.2) is 0 Å². The highest BCUT2D eigenvalue weighted by Crippen LogP contribution is 2.43. The molecular weight excluding hydrogens is 399 g/mol. The molecule has 0 saturated heterocycles. The first kappa shape index (κ1) is 20.1. The number of benzene rings is 2. The van der Waals surface area contributed by atoms with Gasteiger partial charge in [0.2, 0.25) is 0 Å². The number of ether oxygens (including phenoxy) is 1. The average molecular weight is 421 g/mol. The van der Waals surface area contributed by atoms with Gasteiger partial charge in [-0.2, -0.15) is 0 Å². The summed E-state index contributed by atoms with van der Waals surface area (Å²) in [6.45, 7) is 3.16. The molecule has 0 N–H and O–H groups in total. The van der Waals surface area contributed by atoms with Crippen molar-refractivity contribution in [3.8, 4) is 5.75 Å². The first-order valence-corrected chi connectivity index (χ1v) is 10.3. The minimum Gasteiger partial charge on any atom is -0.497 e. The monoisotopic (exact) mass is 420 g/mol. The average Bonchev–Trinajstić information content (AvgIpc) is 3.18. The molecule has 2 aromatic carbocycles. The summed E-state index contributed by atoms with van der Waals surface area (Å²) in [6.07, 6.45) is 7.52. The summed E-state index contributed by atoms with van der Waals surface area (Å²) in [5, 5.41) is 1.49. The lowest BCUT2D eigenvalue weighted by molar-refractivity contribution is 0.413. The molecule has 6 heteroatoms. The van der Waals surface area contributed by atoms with Crippen LogP contribution in [-0.2, 0) is 13.0 Å². The van der Waals surface area contributed by atoms with Crippen molar-refractivity contribution in [3.05, 3.63) is 76.8 Å². The van der Waals surface area contributed by atoms with E-state index < -0.39 is 0 Å². The van der Waals surface area contributed by atoms with Crippen LogP contribution in [0.4, 0.5) is 0 Å². The Balaban J connectivity index is 1.84. The number of aromatic nitrogens is 2. The van der Waals surface area contributed by atoms with Gasteiger partial charge in [-0.05, 0) is 55.7 Å². The Hall–Kier alpha value is -1.62. The number of thioether (sulfide) groups is 1. The standard InChI is InChI=1S/C21H22Cl2N2OS/c1-21(9-11-25-12-10-24-15-25,14-16-3-5-17(22)6-4-16)27-20-13-18(26-2)7-8-19(20)23/h3-8,10,12-13,15H,9,11,14H2,1-2H3. The summed E-state index contributed by atoms with van der Waals surface area (Å²) in [6, 6.07) is 13.8. The fourth-order valence-corrected chi connectivity index (χ4v) is 4.61. The highest BCUT2D eigenvalue weighted by atomic mass is 35.5. The number of halogens is 2. The topological polar surface area (TPSA) is 27.1 Å². The van der Waals surface area contributed by atoms with Gasteiger partial charge in [-0.1, -0.05) is 35.3 Å². The van der Waals surface area contributed by atoms with Crippen molar-refractivity contribution in [1.29, 1.82) is 0 Å².